The van der Waals surface area contributed by atoms with Crippen LogP contribution >= 0.6 is 11.8 Å². The zero-order valence-corrected chi connectivity index (χ0v) is 12.9. The maximum absolute atomic E-state index is 5.59. The third-order valence-electron chi connectivity index (χ3n) is 4.59. The van der Waals surface area contributed by atoms with Crippen LogP contribution in [0.1, 0.15) is 22.9 Å². The molecule has 3 nitrogen and oxygen atoms in total. The van der Waals surface area contributed by atoms with Gasteiger partial charge in [-0.05, 0) is 35.7 Å². The van der Waals surface area contributed by atoms with E-state index in [1.807, 2.05) is 0 Å². The van der Waals surface area contributed by atoms with Crippen LogP contribution in [0.25, 0.3) is 10.9 Å². The largest absolute Gasteiger partial charge is 0.481 e. The number of hydrogen-bond donors (Lipinski definition) is 2. The summed E-state index contributed by atoms with van der Waals surface area (Å²) in [7, 11) is 0. The third-order valence-corrected chi connectivity index (χ3v) is 5.45. The first-order valence-electron chi connectivity index (χ1n) is 7.62. The van der Waals surface area contributed by atoms with Crippen LogP contribution in [0.4, 0.5) is 0 Å². The molecule has 0 unspecified atom stereocenters. The SMILES string of the molecule is c1ccc2c3c([nH]c2c1)[C@H](c1ccc2c(c1)SCO2)NCC3. The Morgan fingerprint density at radius 3 is 3.09 bits per heavy atom. The van der Waals surface area contributed by atoms with Crippen LogP contribution in [0.2, 0.25) is 0 Å². The van der Waals surface area contributed by atoms with Gasteiger partial charge in [-0.1, -0.05) is 36.0 Å². The van der Waals surface area contributed by atoms with E-state index < -0.39 is 0 Å². The minimum atomic E-state index is 0.239. The number of aromatic amines is 1. The number of H-pyrrole nitrogens is 1. The molecule has 0 bridgehead atoms. The van der Waals surface area contributed by atoms with E-state index in [2.05, 4.69) is 52.8 Å². The van der Waals surface area contributed by atoms with E-state index in [-0.39, 0.29) is 6.04 Å². The highest BCUT2D eigenvalue weighted by atomic mass is 32.2. The van der Waals surface area contributed by atoms with Gasteiger partial charge in [-0.2, -0.15) is 0 Å². The average molecular weight is 308 g/mol. The normalized spacial score (nSPS) is 19.7. The fraction of sp³-hybridized carbons (Fsp3) is 0.222. The fourth-order valence-corrected chi connectivity index (χ4v) is 4.36. The summed E-state index contributed by atoms with van der Waals surface area (Å²) in [6.45, 7) is 1.01. The van der Waals surface area contributed by atoms with E-state index in [4.69, 9.17) is 4.74 Å². The molecule has 3 heterocycles. The lowest BCUT2D eigenvalue weighted by Gasteiger charge is -2.25. The monoisotopic (exact) mass is 308 g/mol. The Balaban J connectivity index is 1.65. The lowest BCUT2D eigenvalue weighted by atomic mass is 9.94. The summed E-state index contributed by atoms with van der Waals surface area (Å²) in [5.41, 5.74) is 5.32. The molecule has 0 saturated carbocycles. The topological polar surface area (TPSA) is 37.0 Å². The molecule has 2 aliphatic heterocycles. The number of ether oxygens (including phenoxy) is 1. The average Bonchev–Trinajstić information content (AvgIpc) is 3.18. The van der Waals surface area contributed by atoms with Crippen molar-refractivity contribution in [2.75, 3.05) is 12.5 Å². The number of para-hydroxylation sites is 1. The second-order valence-corrected chi connectivity index (χ2v) is 6.78. The lowest BCUT2D eigenvalue weighted by Crippen LogP contribution is -2.30. The van der Waals surface area contributed by atoms with Gasteiger partial charge < -0.3 is 15.0 Å². The molecule has 0 spiro atoms. The molecular weight excluding hydrogens is 292 g/mol. The number of rotatable bonds is 1. The fourth-order valence-electron chi connectivity index (χ4n) is 3.56. The number of aromatic nitrogens is 1. The van der Waals surface area contributed by atoms with Crippen molar-refractivity contribution >= 4 is 22.7 Å². The molecule has 0 aliphatic carbocycles. The first-order valence-corrected chi connectivity index (χ1v) is 8.61. The summed E-state index contributed by atoms with van der Waals surface area (Å²) in [6.07, 6.45) is 1.08. The highest BCUT2D eigenvalue weighted by Crippen LogP contribution is 2.40. The Morgan fingerprint density at radius 1 is 1.14 bits per heavy atom. The summed E-state index contributed by atoms with van der Waals surface area (Å²) in [5, 5.41) is 5.03. The predicted octanol–water partition coefficient (Wildman–Crippen LogP) is 3.85. The van der Waals surface area contributed by atoms with Crippen molar-refractivity contribution in [1.82, 2.24) is 10.3 Å². The zero-order valence-electron chi connectivity index (χ0n) is 12.1. The van der Waals surface area contributed by atoms with Crippen molar-refractivity contribution in [3.05, 3.63) is 59.3 Å². The van der Waals surface area contributed by atoms with Crippen molar-refractivity contribution in [2.45, 2.75) is 17.4 Å². The minimum Gasteiger partial charge on any atom is -0.481 e. The molecule has 5 rings (SSSR count). The van der Waals surface area contributed by atoms with Gasteiger partial charge in [-0.15, -0.1) is 0 Å². The first-order chi connectivity index (χ1) is 10.9. The molecule has 4 heteroatoms. The first kappa shape index (κ1) is 12.6. The quantitative estimate of drug-likeness (QED) is 0.717. The van der Waals surface area contributed by atoms with Crippen molar-refractivity contribution in [2.24, 2.45) is 0 Å². The molecule has 1 atom stereocenters. The molecule has 0 amide bonds. The Bertz CT molecular complexity index is 871. The van der Waals surface area contributed by atoms with E-state index >= 15 is 0 Å². The molecule has 0 saturated heterocycles. The Labute approximate surface area is 133 Å². The van der Waals surface area contributed by atoms with Gasteiger partial charge >= 0.3 is 0 Å². The maximum atomic E-state index is 5.59. The number of hydrogen-bond acceptors (Lipinski definition) is 3. The predicted molar refractivity (Wildman–Crippen MR) is 89.6 cm³/mol. The molecule has 0 fully saturated rings. The van der Waals surface area contributed by atoms with Gasteiger partial charge in [-0.25, -0.2) is 0 Å². The van der Waals surface area contributed by atoms with Gasteiger partial charge in [0.25, 0.3) is 0 Å². The molecule has 1 aromatic heterocycles. The highest BCUT2D eigenvalue weighted by Gasteiger charge is 2.26. The molecule has 0 radical (unpaired) electrons. The van der Waals surface area contributed by atoms with Crippen LogP contribution in [0, 0.1) is 0 Å². The van der Waals surface area contributed by atoms with Crippen LogP contribution in [0.5, 0.6) is 5.75 Å². The highest BCUT2D eigenvalue weighted by molar-refractivity contribution is 7.99. The second kappa shape index (κ2) is 4.80. The Morgan fingerprint density at radius 2 is 2.09 bits per heavy atom. The molecule has 22 heavy (non-hydrogen) atoms. The van der Waals surface area contributed by atoms with E-state index in [1.54, 1.807) is 11.8 Å². The van der Waals surface area contributed by atoms with Gasteiger partial charge in [0.2, 0.25) is 0 Å². The van der Waals surface area contributed by atoms with E-state index in [1.165, 1.54) is 32.6 Å². The molecular formula is C18H16N2OS. The molecule has 2 aliphatic rings. The van der Waals surface area contributed by atoms with Crippen LogP contribution in [-0.2, 0) is 6.42 Å². The number of benzene rings is 2. The van der Waals surface area contributed by atoms with Crippen LogP contribution in [-0.4, -0.2) is 17.5 Å². The van der Waals surface area contributed by atoms with E-state index in [0.717, 1.165) is 24.7 Å². The van der Waals surface area contributed by atoms with Gasteiger partial charge in [0.1, 0.15) is 11.7 Å². The van der Waals surface area contributed by atoms with Crippen molar-refractivity contribution in [3.8, 4) is 5.75 Å². The van der Waals surface area contributed by atoms with E-state index in [9.17, 15) is 0 Å². The summed E-state index contributed by atoms with van der Waals surface area (Å²) in [5.74, 6) is 1.75. The third kappa shape index (κ3) is 1.81. The van der Waals surface area contributed by atoms with Gasteiger partial charge in [0.15, 0.2) is 0 Å². The molecule has 3 aromatic rings. The van der Waals surface area contributed by atoms with Crippen LogP contribution in [0.15, 0.2) is 47.4 Å². The van der Waals surface area contributed by atoms with E-state index in [0.29, 0.717) is 0 Å². The van der Waals surface area contributed by atoms with Crippen molar-refractivity contribution in [1.29, 1.82) is 0 Å². The summed E-state index contributed by atoms with van der Waals surface area (Å²) in [6, 6.07) is 15.4. The zero-order chi connectivity index (χ0) is 14.5. The Hall–Kier alpha value is -1.91. The van der Waals surface area contributed by atoms with Crippen molar-refractivity contribution in [3.63, 3.8) is 0 Å². The van der Waals surface area contributed by atoms with Gasteiger partial charge in [-0.3, -0.25) is 0 Å². The Kier molecular flexibility index (Phi) is 2.75. The molecule has 110 valence electrons. The summed E-state index contributed by atoms with van der Waals surface area (Å²) >= 11 is 1.77. The minimum absolute atomic E-state index is 0.239. The standard InChI is InChI=1S/C18H16N2OS/c1-2-4-14-12(3-1)13-7-8-19-17(18(13)20-14)11-5-6-15-16(9-11)22-10-21-15/h1-6,9,17,19-20H,7-8,10H2/t17-/m0/s1. The molecule has 2 aromatic carbocycles. The lowest BCUT2D eigenvalue weighted by molar-refractivity contribution is 0.397. The van der Waals surface area contributed by atoms with Crippen LogP contribution < -0.4 is 10.1 Å². The number of fused-ring (bicyclic) bond motifs is 4. The van der Waals surface area contributed by atoms with Gasteiger partial charge in [0.05, 0.1) is 10.9 Å². The number of thioether (sulfide) groups is 1. The summed E-state index contributed by atoms with van der Waals surface area (Å²) < 4.78 is 5.59. The summed E-state index contributed by atoms with van der Waals surface area (Å²) in [4.78, 5) is 4.88. The van der Waals surface area contributed by atoms with Crippen molar-refractivity contribution < 1.29 is 4.74 Å². The smallest absolute Gasteiger partial charge is 0.138 e. The van der Waals surface area contributed by atoms with Crippen LogP contribution in [0.3, 0.4) is 0 Å². The van der Waals surface area contributed by atoms with Gasteiger partial charge in [0, 0.05) is 23.1 Å². The number of nitrogens with one attached hydrogen (secondary N) is 2. The second-order valence-electron chi connectivity index (χ2n) is 5.81. The maximum Gasteiger partial charge on any atom is 0.138 e. The molecule has 2 N–H and O–H groups in total.